The first-order valence-electron chi connectivity index (χ1n) is 8.70. The van der Waals surface area contributed by atoms with Crippen molar-refractivity contribution in [2.24, 2.45) is 0 Å². The average molecular weight is 388 g/mol. The van der Waals surface area contributed by atoms with Crippen LogP contribution in [0.15, 0.2) is 61.9 Å². The Balaban J connectivity index is 0.000000546. The number of rotatable bonds is 8. The van der Waals surface area contributed by atoms with Crippen molar-refractivity contribution in [3.63, 3.8) is 0 Å². The van der Waals surface area contributed by atoms with Crippen molar-refractivity contribution in [2.45, 2.75) is 39.0 Å². The molecular formula is C22H28O6. The molecule has 1 rings (SSSR count). The quantitative estimate of drug-likeness (QED) is 0.307. The molecule has 6 heteroatoms. The lowest BCUT2D eigenvalue weighted by Crippen LogP contribution is -2.11. The highest BCUT2D eigenvalue weighted by atomic mass is 16.5. The third kappa shape index (κ3) is 11.5. The van der Waals surface area contributed by atoms with Gasteiger partial charge in [-0.1, -0.05) is 58.2 Å². The third-order valence-corrected chi connectivity index (χ3v) is 3.31. The number of hydrogen-bond acceptors (Lipinski definition) is 5. The Bertz CT molecular complexity index is 693. The largest absolute Gasteiger partial charge is 0.478 e. The predicted octanol–water partition coefficient (Wildman–Crippen LogP) is 4.42. The van der Waals surface area contributed by atoms with E-state index in [2.05, 4.69) is 38.7 Å². The first-order chi connectivity index (χ1) is 13.1. The molecule has 1 aromatic rings. The summed E-state index contributed by atoms with van der Waals surface area (Å²) in [6, 6.07) is 7.52. The molecule has 28 heavy (non-hydrogen) atoms. The molecule has 0 radical (unpaired) electrons. The Hall–Kier alpha value is -3.15. The van der Waals surface area contributed by atoms with Gasteiger partial charge in [-0.05, 0) is 29.5 Å². The smallest absolute Gasteiger partial charge is 0.338 e. The van der Waals surface area contributed by atoms with Crippen LogP contribution in [0.4, 0.5) is 0 Å². The van der Waals surface area contributed by atoms with Crippen molar-refractivity contribution < 1.29 is 29.0 Å². The van der Waals surface area contributed by atoms with E-state index in [4.69, 9.17) is 9.84 Å². The van der Waals surface area contributed by atoms with Crippen LogP contribution in [0.25, 0.3) is 0 Å². The Morgan fingerprint density at radius 2 is 1.71 bits per heavy atom. The lowest BCUT2D eigenvalue weighted by Gasteiger charge is -2.18. The number of ether oxygens (including phenoxy) is 2. The van der Waals surface area contributed by atoms with Crippen LogP contribution in [0, 0.1) is 0 Å². The molecule has 0 fully saturated rings. The van der Waals surface area contributed by atoms with Gasteiger partial charge in [-0.2, -0.15) is 0 Å². The minimum absolute atomic E-state index is 0.101. The highest BCUT2D eigenvalue weighted by Crippen LogP contribution is 2.22. The summed E-state index contributed by atoms with van der Waals surface area (Å²) in [5.74, 6) is -1.74. The van der Waals surface area contributed by atoms with Crippen LogP contribution in [-0.4, -0.2) is 29.6 Å². The lowest BCUT2D eigenvalue weighted by molar-refractivity contribution is -0.138. The number of allylic oxidation sites excluding steroid dienone is 1. The fraction of sp³-hybridized carbons (Fsp3) is 0.318. The predicted molar refractivity (Wildman–Crippen MR) is 108 cm³/mol. The summed E-state index contributed by atoms with van der Waals surface area (Å²) in [7, 11) is 0. The summed E-state index contributed by atoms with van der Waals surface area (Å²) in [6.07, 6.45) is 5.51. The number of carbonyl (C=O) groups is 3. The van der Waals surface area contributed by atoms with Crippen molar-refractivity contribution in [1.82, 2.24) is 0 Å². The molecule has 0 aliphatic carbocycles. The number of carbonyl (C=O) groups excluding carboxylic acids is 2. The molecule has 0 bridgehead atoms. The summed E-state index contributed by atoms with van der Waals surface area (Å²) in [5.41, 5.74) is 1.88. The van der Waals surface area contributed by atoms with Crippen molar-refractivity contribution in [3.8, 4) is 0 Å². The SMILES string of the molecule is C=CCOC(=O)c1ccc(C(C)(C)C)cc1.C=COC(=O)CC/C=C/C(=O)O. The van der Waals surface area contributed by atoms with Gasteiger partial charge < -0.3 is 14.6 Å². The van der Waals surface area contributed by atoms with Gasteiger partial charge in [0.15, 0.2) is 0 Å². The molecule has 0 saturated carbocycles. The molecule has 0 aromatic heterocycles. The Morgan fingerprint density at radius 3 is 2.18 bits per heavy atom. The van der Waals surface area contributed by atoms with Crippen molar-refractivity contribution >= 4 is 17.9 Å². The van der Waals surface area contributed by atoms with E-state index in [0.717, 1.165) is 12.3 Å². The van der Waals surface area contributed by atoms with Crippen LogP contribution in [0.1, 0.15) is 49.5 Å². The van der Waals surface area contributed by atoms with E-state index in [1.807, 2.05) is 12.1 Å². The molecule has 0 amide bonds. The van der Waals surface area contributed by atoms with E-state index in [0.29, 0.717) is 12.0 Å². The summed E-state index contributed by atoms with van der Waals surface area (Å²) in [6.45, 7) is 13.4. The monoisotopic (exact) mass is 388 g/mol. The first-order valence-corrected chi connectivity index (χ1v) is 8.70. The maximum Gasteiger partial charge on any atom is 0.338 e. The van der Waals surface area contributed by atoms with E-state index in [-0.39, 0.29) is 24.4 Å². The minimum Gasteiger partial charge on any atom is -0.478 e. The van der Waals surface area contributed by atoms with Crippen LogP contribution >= 0.6 is 0 Å². The zero-order valence-electron chi connectivity index (χ0n) is 16.6. The highest BCUT2D eigenvalue weighted by molar-refractivity contribution is 5.89. The van der Waals surface area contributed by atoms with Crippen LogP contribution in [-0.2, 0) is 24.5 Å². The van der Waals surface area contributed by atoms with Gasteiger partial charge in [-0.25, -0.2) is 9.59 Å². The van der Waals surface area contributed by atoms with Gasteiger partial charge >= 0.3 is 17.9 Å². The van der Waals surface area contributed by atoms with E-state index in [9.17, 15) is 14.4 Å². The summed E-state index contributed by atoms with van der Waals surface area (Å²) in [5, 5.41) is 8.16. The van der Waals surface area contributed by atoms with Crippen LogP contribution < -0.4 is 0 Å². The maximum absolute atomic E-state index is 11.5. The average Bonchev–Trinajstić information content (AvgIpc) is 2.63. The Kier molecular flexibility index (Phi) is 11.6. The molecule has 0 heterocycles. The number of aliphatic carboxylic acids is 1. The van der Waals surface area contributed by atoms with Gasteiger partial charge in [-0.15, -0.1) is 0 Å². The van der Waals surface area contributed by atoms with Crippen molar-refractivity contribution in [2.75, 3.05) is 6.61 Å². The molecule has 0 aliphatic heterocycles. The summed E-state index contributed by atoms with van der Waals surface area (Å²) < 4.78 is 9.34. The molecule has 152 valence electrons. The van der Waals surface area contributed by atoms with Crippen LogP contribution in [0.3, 0.4) is 0 Å². The van der Waals surface area contributed by atoms with Gasteiger partial charge in [0, 0.05) is 12.5 Å². The number of carboxylic acids is 1. The van der Waals surface area contributed by atoms with Crippen LogP contribution in [0.5, 0.6) is 0 Å². The molecule has 0 unspecified atom stereocenters. The highest BCUT2D eigenvalue weighted by Gasteiger charge is 2.14. The van der Waals surface area contributed by atoms with E-state index in [1.165, 1.54) is 11.6 Å². The Labute approximate surface area is 166 Å². The molecule has 1 aromatic carbocycles. The van der Waals surface area contributed by atoms with Gasteiger partial charge in [0.1, 0.15) is 6.61 Å². The topological polar surface area (TPSA) is 89.9 Å². The van der Waals surface area contributed by atoms with Crippen molar-refractivity contribution in [3.05, 3.63) is 73.0 Å². The molecule has 0 saturated heterocycles. The Morgan fingerprint density at radius 1 is 1.11 bits per heavy atom. The van der Waals surface area contributed by atoms with Gasteiger partial charge in [0.2, 0.25) is 0 Å². The maximum atomic E-state index is 11.5. The fourth-order valence-electron chi connectivity index (χ4n) is 1.86. The summed E-state index contributed by atoms with van der Waals surface area (Å²) in [4.78, 5) is 32.1. The van der Waals surface area contributed by atoms with Crippen LogP contribution in [0.2, 0.25) is 0 Å². The molecule has 6 nitrogen and oxygen atoms in total. The zero-order valence-corrected chi connectivity index (χ0v) is 16.6. The molecule has 1 N–H and O–H groups in total. The first kappa shape index (κ1) is 24.8. The van der Waals surface area contributed by atoms with E-state index in [1.54, 1.807) is 18.2 Å². The number of esters is 2. The second-order valence-corrected chi connectivity index (χ2v) is 6.65. The van der Waals surface area contributed by atoms with Gasteiger partial charge in [-0.3, -0.25) is 4.79 Å². The van der Waals surface area contributed by atoms with E-state index >= 15 is 0 Å². The summed E-state index contributed by atoms with van der Waals surface area (Å²) >= 11 is 0. The van der Waals surface area contributed by atoms with Gasteiger partial charge in [0.05, 0.1) is 11.8 Å². The van der Waals surface area contributed by atoms with Crippen molar-refractivity contribution in [1.29, 1.82) is 0 Å². The third-order valence-electron chi connectivity index (χ3n) is 3.31. The molecule has 0 spiro atoms. The number of carboxylic acid groups (broad SMARTS) is 1. The molecule has 0 aliphatic rings. The fourth-order valence-corrected chi connectivity index (χ4v) is 1.86. The van der Waals surface area contributed by atoms with Gasteiger partial charge in [0.25, 0.3) is 0 Å². The zero-order chi connectivity index (χ0) is 21.6. The molecule has 0 atom stereocenters. The standard InChI is InChI=1S/C14H18O2.C8H10O4/c1-5-10-16-13(15)11-6-8-12(9-7-11)14(2,3)4;1-2-12-8(11)6-4-3-5-7(9)10/h5-9H,1,10H2,2-4H3;2-3,5H,1,4,6H2,(H,9,10)/b;5-3+. The lowest BCUT2D eigenvalue weighted by atomic mass is 9.87. The van der Waals surface area contributed by atoms with E-state index < -0.39 is 11.9 Å². The number of benzene rings is 1. The minimum atomic E-state index is -1.02. The second-order valence-electron chi connectivity index (χ2n) is 6.65. The molecular weight excluding hydrogens is 360 g/mol. The number of hydrogen-bond donors (Lipinski definition) is 1. The normalized spacial score (nSPS) is 10.4. The second kappa shape index (κ2) is 13.1.